The molecule has 0 unspecified atom stereocenters. The molecule has 0 aliphatic heterocycles. The van der Waals surface area contributed by atoms with Crippen molar-refractivity contribution in [3.8, 4) is 11.5 Å². The molecule has 31 heavy (non-hydrogen) atoms. The Hall–Kier alpha value is -3.02. The fourth-order valence-corrected chi connectivity index (χ4v) is 3.45. The minimum Gasteiger partial charge on any atom is -0.497 e. The predicted octanol–water partition coefficient (Wildman–Crippen LogP) is 4.02. The van der Waals surface area contributed by atoms with Crippen LogP contribution in [0.2, 0.25) is 0 Å². The van der Waals surface area contributed by atoms with Crippen LogP contribution in [-0.4, -0.2) is 42.5 Å². The van der Waals surface area contributed by atoms with E-state index in [-0.39, 0.29) is 31.0 Å². The number of amides is 2. The lowest BCUT2D eigenvalue weighted by Crippen LogP contribution is -2.51. The van der Waals surface area contributed by atoms with Crippen LogP contribution in [0.3, 0.4) is 0 Å². The van der Waals surface area contributed by atoms with E-state index in [1.54, 1.807) is 12.0 Å². The van der Waals surface area contributed by atoms with Crippen molar-refractivity contribution in [2.24, 2.45) is 0 Å². The standard InChI is InChI=1S/C25H34N2O4/c1-7-22(25(29)26-17(2)3)27(15-20-9-8-10-21(14-20)30-6)24(28)16-31-23-12-11-18(4)13-19(23)5/h8-14,17,22H,7,15-16H2,1-6H3,(H,26,29)/t22-/m1/s1. The fourth-order valence-electron chi connectivity index (χ4n) is 3.45. The average Bonchev–Trinajstić information content (AvgIpc) is 2.72. The highest BCUT2D eigenvalue weighted by atomic mass is 16.5. The average molecular weight is 427 g/mol. The Labute approximate surface area is 185 Å². The summed E-state index contributed by atoms with van der Waals surface area (Å²) in [6.07, 6.45) is 0.498. The number of hydrogen-bond donors (Lipinski definition) is 1. The highest BCUT2D eigenvalue weighted by Crippen LogP contribution is 2.20. The molecule has 0 aliphatic rings. The van der Waals surface area contributed by atoms with Crippen LogP contribution in [0.25, 0.3) is 0 Å². The summed E-state index contributed by atoms with van der Waals surface area (Å²) in [7, 11) is 1.60. The van der Waals surface area contributed by atoms with Crippen LogP contribution in [-0.2, 0) is 16.1 Å². The van der Waals surface area contributed by atoms with Crippen LogP contribution < -0.4 is 14.8 Å². The van der Waals surface area contributed by atoms with Gasteiger partial charge < -0.3 is 19.7 Å². The van der Waals surface area contributed by atoms with Gasteiger partial charge >= 0.3 is 0 Å². The summed E-state index contributed by atoms with van der Waals surface area (Å²) in [4.78, 5) is 27.7. The van der Waals surface area contributed by atoms with Gasteiger partial charge in [0, 0.05) is 12.6 Å². The second-order valence-corrected chi connectivity index (χ2v) is 8.02. The van der Waals surface area contributed by atoms with Gasteiger partial charge in [-0.2, -0.15) is 0 Å². The largest absolute Gasteiger partial charge is 0.497 e. The first kappa shape index (κ1) is 24.3. The maximum Gasteiger partial charge on any atom is 0.261 e. The first-order valence-electron chi connectivity index (χ1n) is 10.7. The third-order valence-electron chi connectivity index (χ3n) is 4.99. The number of aryl methyl sites for hydroxylation is 2. The maximum atomic E-state index is 13.2. The number of nitrogens with zero attached hydrogens (tertiary/aromatic N) is 1. The van der Waals surface area contributed by atoms with E-state index >= 15 is 0 Å². The van der Waals surface area contributed by atoms with Gasteiger partial charge in [-0.15, -0.1) is 0 Å². The monoisotopic (exact) mass is 426 g/mol. The normalized spacial score (nSPS) is 11.7. The van der Waals surface area contributed by atoms with Gasteiger partial charge in [-0.1, -0.05) is 36.8 Å². The molecular formula is C25H34N2O4. The van der Waals surface area contributed by atoms with Gasteiger partial charge in [0.05, 0.1) is 7.11 Å². The van der Waals surface area contributed by atoms with E-state index in [1.165, 1.54) is 0 Å². The number of carbonyl (C=O) groups is 2. The van der Waals surface area contributed by atoms with Crippen LogP contribution in [0.5, 0.6) is 11.5 Å². The molecule has 0 heterocycles. The molecule has 0 spiro atoms. The second kappa shape index (κ2) is 11.4. The number of nitrogens with one attached hydrogen (secondary N) is 1. The third kappa shape index (κ3) is 7.02. The molecule has 0 radical (unpaired) electrons. The van der Waals surface area contributed by atoms with E-state index < -0.39 is 6.04 Å². The lowest BCUT2D eigenvalue weighted by Gasteiger charge is -2.31. The summed E-state index contributed by atoms with van der Waals surface area (Å²) in [6.45, 7) is 9.82. The lowest BCUT2D eigenvalue weighted by molar-refractivity contribution is -0.143. The highest BCUT2D eigenvalue weighted by Gasteiger charge is 2.29. The molecular weight excluding hydrogens is 392 g/mol. The Morgan fingerprint density at radius 2 is 1.84 bits per heavy atom. The molecule has 0 fully saturated rings. The summed E-state index contributed by atoms with van der Waals surface area (Å²) < 4.78 is 11.1. The van der Waals surface area contributed by atoms with Gasteiger partial charge in [0.25, 0.3) is 5.91 Å². The Morgan fingerprint density at radius 3 is 2.45 bits per heavy atom. The van der Waals surface area contributed by atoms with Gasteiger partial charge in [0.1, 0.15) is 17.5 Å². The van der Waals surface area contributed by atoms with Crippen LogP contribution in [0, 0.1) is 13.8 Å². The number of hydrogen-bond acceptors (Lipinski definition) is 4. The zero-order chi connectivity index (χ0) is 23.0. The number of ether oxygens (including phenoxy) is 2. The van der Waals surface area contributed by atoms with Crippen molar-refractivity contribution in [2.75, 3.05) is 13.7 Å². The molecule has 2 amide bonds. The lowest BCUT2D eigenvalue weighted by atomic mass is 10.1. The molecule has 2 rings (SSSR count). The van der Waals surface area contributed by atoms with Gasteiger partial charge in [-0.05, 0) is 63.4 Å². The van der Waals surface area contributed by atoms with E-state index in [0.717, 1.165) is 16.7 Å². The van der Waals surface area contributed by atoms with Crippen molar-refractivity contribution in [3.05, 3.63) is 59.2 Å². The topological polar surface area (TPSA) is 67.9 Å². The number of carbonyl (C=O) groups excluding carboxylic acids is 2. The van der Waals surface area contributed by atoms with Crippen molar-refractivity contribution in [1.29, 1.82) is 0 Å². The van der Waals surface area contributed by atoms with Gasteiger partial charge in [-0.25, -0.2) is 0 Å². The Morgan fingerprint density at radius 1 is 1.10 bits per heavy atom. The molecule has 6 heteroatoms. The third-order valence-corrected chi connectivity index (χ3v) is 4.99. The van der Waals surface area contributed by atoms with Crippen LogP contribution in [0.1, 0.15) is 43.9 Å². The number of methoxy groups -OCH3 is 1. The van der Waals surface area contributed by atoms with Gasteiger partial charge in [0.15, 0.2) is 6.61 Å². The Bertz CT molecular complexity index is 895. The molecule has 2 aromatic rings. The van der Waals surface area contributed by atoms with Crippen molar-refractivity contribution in [3.63, 3.8) is 0 Å². The summed E-state index contributed by atoms with van der Waals surface area (Å²) in [5.41, 5.74) is 2.99. The fraction of sp³-hybridized carbons (Fsp3) is 0.440. The Kier molecular flexibility index (Phi) is 8.91. The zero-order valence-corrected chi connectivity index (χ0v) is 19.4. The van der Waals surface area contributed by atoms with E-state index in [0.29, 0.717) is 17.9 Å². The first-order chi connectivity index (χ1) is 14.7. The Balaban J connectivity index is 2.25. The summed E-state index contributed by atoms with van der Waals surface area (Å²) in [5.74, 6) is 0.963. The summed E-state index contributed by atoms with van der Waals surface area (Å²) in [5, 5.41) is 2.93. The van der Waals surface area contributed by atoms with Crippen LogP contribution >= 0.6 is 0 Å². The highest BCUT2D eigenvalue weighted by molar-refractivity contribution is 5.88. The van der Waals surface area contributed by atoms with Crippen LogP contribution in [0.15, 0.2) is 42.5 Å². The zero-order valence-electron chi connectivity index (χ0n) is 19.4. The van der Waals surface area contributed by atoms with Gasteiger partial charge in [-0.3, -0.25) is 9.59 Å². The molecule has 0 saturated carbocycles. The first-order valence-corrected chi connectivity index (χ1v) is 10.7. The molecule has 168 valence electrons. The molecule has 6 nitrogen and oxygen atoms in total. The van der Waals surface area contributed by atoms with E-state index in [9.17, 15) is 9.59 Å². The second-order valence-electron chi connectivity index (χ2n) is 8.02. The van der Waals surface area contributed by atoms with E-state index in [2.05, 4.69) is 5.32 Å². The molecule has 0 aromatic heterocycles. The minimum absolute atomic E-state index is 0.0122. The molecule has 2 aromatic carbocycles. The minimum atomic E-state index is -0.594. The van der Waals surface area contributed by atoms with Crippen molar-refractivity contribution >= 4 is 11.8 Å². The summed E-state index contributed by atoms with van der Waals surface area (Å²) >= 11 is 0. The molecule has 1 atom stereocenters. The molecule has 1 N–H and O–H groups in total. The van der Waals surface area contributed by atoms with Gasteiger partial charge in [0.2, 0.25) is 5.91 Å². The van der Waals surface area contributed by atoms with Crippen LogP contribution in [0.4, 0.5) is 0 Å². The smallest absolute Gasteiger partial charge is 0.261 e. The van der Waals surface area contributed by atoms with Crippen molar-refractivity contribution in [2.45, 2.75) is 59.7 Å². The molecule has 0 bridgehead atoms. The molecule has 0 saturated heterocycles. The predicted molar refractivity (Wildman–Crippen MR) is 122 cm³/mol. The SMILES string of the molecule is CC[C@H](C(=O)NC(C)C)N(Cc1cccc(OC)c1)C(=O)COc1ccc(C)cc1C. The van der Waals surface area contributed by atoms with Crippen molar-refractivity contribution in [1.82, 2.24) is 10.2 Å². The molecule has 0 aliphatic carbocycles. The van der Waals surface area contributed by atoms with E-state index in [1.807, 2.05) is 77.1 Å². The quantitative estimate of drug-likeness (QED) is 0.623. The summed E-state index contributed by atoms with van der Waals surface area (Å²) in [6, 6.07) is 12.7. The number of rotatable bonds is 10. The van der Waals surface area contributed by atoms with Crippen molar-refractivity contribution < 1.29 is 19.1 Å². The van der Waals surface area contributed by atoms with E-state index in [4.69, 9.17) is 9.47 Å². The number of benzene rings is 2. The maximum absolute atomic E-state index is 13.2.